The zero-order valence-corrected chi connectivity index (χ0v) is 42.8. The van der Waals surface area contributed by atoms with Gasteiger partial charge in [0, 0.05) is 44.1 Å². The van der Waals surface area contributed by atoms with E-state index >= 15 is 4.79 Å². The lowest BCUT2D eigenvalue weighted by Crippen LogP contribution is -2.70. The van der Waals surface area contributed by atoms with Gasteiger partial charge in [0.25, 0.3) is 0 Å². The van der Waals surface area contributed by atoms with Crippen LogP contribution in [0.1, 0.15) is 148 Å². The fourth-order valence-electron chi connectivity index (χ4n) is 10.9. The van der Waals surface area contributed by atoms with E-state index in [1.165, 1.54) is 38.5 Å². The van der Waals surface area contributed by atoms with Crippen LogP contribution >= 0.6 is 0 Å². The van der Waals surface area contributed by atoms with Crippen LogP contribution in [-0.4, -0.2) is 95.5 Å². The second-order valence-corrected chi connectivity index (χ2v) is 20.5. The van der Waals surface area contributed by atoms with Crippen LogP contribution in [0.25, 0.3) is 11.1 Å². The number of ether oxygens (including phenoxy) is 4. The molecule has 384 valence electrons. The monoisotopic (exact) mass is 965 g/mol. The van der Waals surface area contributed by atoms with Crippen molar-refractivity contribution in [3.63, 3.8) is 0 Å². The van der Waals surface area contributed by atoms with E-state index in [-0.39, 0.29) is 69.8 Å². The summed E-state index contributed by atoms with van der Waals surface area (Å²) in [5, 5.41) is 34.8. The molecule has 0 aromatic heterocycles. The van der Waals surface area contributed by atoms with Gasteiger partial charge in [0.2, 0.25) is 11.7 Å². The Morgan fingerprint density at radius 3 is 2.16 bits per heavy atom. The lowest BCUT2D eigenvalue weighted by molar-refractivity contribution is -0.258. The van der Waals surface area contributed by atoms with E-state index in [1.807, 2.05) is 68.1 Å². The first kappa shape index (κ1) is 54.8. The second-order valence-electron chi connectivity index (χ2n) is 20.5. The number of fused-ring (bicyclic) bond motifs is 2. The number of unbranched alkanes of at least 4 members (excludes halogenated alkanes) is 10. The maximum Gasteiger partial charge on any atom is 0.239 e. The van der Waals surface area contributed by atoms with E-state index in [0.29, 0.717) is 42.9 Å². The van der Waals surface area contributed by atoms with Crippen molar-refractivity contribution in [2.75, 3.05) is 46.2 Å². The molecule has 2 aliphatic carbocycles. The van der Waals surface area contributed by atoms with E-state index in [0.717, 1.165) is 72.9 Å². The van der Waals surface area contributed by atoms with Crippen molar-refractivity contribution >= 4 is 11.6 Å². The van der Waals surface area contributed by atoms with Crippen LogP contribution in [-0.2, 0) is 19.1 Å². The van der Waals surface area contributed by atoms with Crippen molar-refractivity contribution in [1.82, 2.24) is 4.90 Å². The van der Waals surface area contributed by atoms with Crippen LogP contribution in [0.15, 0.2) is 102 Å². The highest BCUT2D eigenvalue weighted by atomic mass is 16.7. The highest BCUT2D eigenvalue weighted by Gasteiger charge is 2.65. The van der Waals surface area contributed by atoms with Crippen LogP contribution in [0, 0.1) is 17.8 Å². The van der Waals surface area contributed by atoms with E-state index in [4.69, 9.17) is 28.9 Å². The fraction of sp³-hybridized carbons (Fsp3) is 0.593. The molecule has 6 unspecified atom stereocenters. The quantitative estimate of drug-likeness (QED) is 0.0327. The van der Waals surface area contributed by atoms with Crippen LogP contribution in [0.5, 0.6) is 17.2 Å². The maximum absolute atomic E-state index is 15.0. The van der Waals surface area contributed by atoms with Crippen LogP contribution < -0.4 is 9.47 Å². The predicted octanol–water partition coefficient (Wildman–Crippen LogP) is 12.3. The molecule has 6 atom stereocenters. The molecule has 3 N–H and O–H groups in total. The van der Waals surface area contributed by atoms with Crippen molar-refractivity contribution in [2.45, 2.75) is 160 Å². The number of allylic oxidation sites excluding steroid dienone is 1. The third-order valence-corrected chi connectivity index (χ3v) is 14.2. The first-order chi connectivity index (χ1) is 34.1. The van der Waals surface area contributed by atoms with Crippen LogP contribution in [0.2, 0.25) is 0 Å². The topological polar surface area (TPSA) is 140 Å². The zero-order chi connectivity index (χ0) is 49.8. The molecule has 1 heterocycles. The molecule has 0 radical (unpaired) electrons. The number of carbonyl (C=O) groups excluding carboxylic acids is 1. The Kier molecular flexibility index (Phi) is 21.9. The molecule has 1 fully saturated rings. The number of oxime groups is 1. The molecule has 1 saturated carbocycles. The Bertz CT molecular complexity index is 2100. The summed E-state index contributed by atoms with van der Waals surface area (Å²) in [7, 11) is 0. The summed E-state index contributed by atoms with van der Waals surface area (Å²) in [6.45, 7) is 13.2. The van der Waals surface area contributed by atoms with Gasteiger partial charge < -0.3 is 44.0 Å². The van der Waals surface area contributed by atoms with Crippen molar-refractivity contribution < 1.29 is 43.9 Å². The molecule has 11 heteroatoms. The summed E-state index contributed by atoms with van der Waals surface area (Å²) in [4.78, 5) is 23.3. The number of hydrogen-bond donors (Lipinski definition) is 3. The molecule has 3 aromatic rings. The highest BCUT2D eigenvalue weighted by molar-refractivity contribution is 6.03. The molecule has 0 spiro atoms. The average molecular weight is 965 g/mol. The number of amides is 1. The number of benzene rings is 3. The van der Waals surface area contributed by atoms with Crippen LogP contribution in [0.4, 0.5) is 0 Å². The molecular weight excluding hydrogens is 881 g/mol. The van der Waals surface area contributed by atoms with Crippen LogP contribution in [0.3, 0.4) is 0 Å². The van der Waals surface area contributed by atoms with Crippen molar-refractivity contribution in [2.24, 2.45) is 22.9 Å². The summed E-state index contributed by atoms with van der Waals surface area (Å²) < 4.78 is 27.3. The Morgan fingerprint density at radius 1 is 0.814 bits per heavy atom. The molecule has 0 bridgehead atoms. The summed E-state index contributed by atoms with van der Waals surface area (Å²) >= 11 is 0. The van der Waals surface area contributed by atoms with Gasteiger partial charge in [-0.1, -0.05) is 131 Å². The Morgan fingerprint density at radius 2 is 1.49 bits per heavy atom. The molecule has 3 aliphatic rings. The lowest BCUT2D eigenvalue weighted by atomic mass is 9.55. The van der Waals surface area contributed by atoms with Crippen molar-refractivity contribution in [3.8, 4) is 28.4 Å². The largest absolute Gasteiger partial charge is 0.459 e. The third kappa shape index (κ3) is 14.8. The van der Waals surface area contributed by atoms with E-state index in [2.05, 4.69) is 49.9 Å². The molecule has 70 heavy (non-hydrogen) atoms. The van der Waals surface area contributed by atoms with E-state index in [9.17, 15) is 15.3 Å². The molecule has 1 aliphatic heterocycles. The molecule has 0 saturated heterocycles. The van der Waals surface area contributed by atoms with Gasteiger partial charge in [0.05, 0.1) is 38.1 Å². The van der Waals surface area contributed by atoms with E-state index in [1.54, 1.807) is 6.08 Å². The number of nitrogens with zero attached hydrogens (tertiary/aromatic N) is 2. The SMILES string of the molecule is C=CCOC12Oc3ccc(Oc4ccc(-c5ccccc5)cc4)cc3C3C(CCCCO)C(CCCCO)C=C(C(=NOC(C)(C)C)CC1N(CCOCCO)C(=O)CCCCCCCCCCC)C32. The van der Waals surface area contributed by atoms with Gasteiger partial charge in [-0.25, -0.2) is 0 Å². The summed E-state index contributed by atoms with van der Waals surface area (Å²) in [6, 6.07) is 23.8. The summed E-state index contributed by atoms with van der Waals surface area (Å²) in [6.07, 6.45) is 19.8. The number of aliphatic hydroxyl groups is 3. The number of aliphatic hydroxyl groups excluding tert-OH is 3. The second kappa shape index (κ2) is 27.9. The first-order valence-corrected chi connectivity index (χ1v) is 26.7. The molecule has 11 nitrogen and oxygen atoms in total. The van der Waals surface area contributed by atoms with Crippen molar-refractivity contribution in [1.29, 1.82) is 0 Å². The Balaban J connectivity index is 1.47. The van der Waals surface area contributed by atoms with Gasteiger partial charge in [-0.15, -0.1) is 6.58 Å². The summed E-state index contributed by atoms with van der Waals surface area (Å²) in [5.41, 5.74) is 4.36. The fourth-order valence-corrected chi connectivity index (χ4v) is 10.9. The normalized spacial score (nSPS) is 22.1. The first-order valence-electron chi connectivity index (χ1n) is 26.7. The smallest absolute Gasteiger partial charge is 0.239 e. The zero-order valence-electron chi connectivity index (χ0n) is 42.8. The lowest BCUT2D eigenvalue weighted by Gasteiger charge is -2.60. The summed E-state index contributed by atoms with van der Waals surface area (Å²) in [5.74, 6) is 0.172. The molecule has 3 aromatic carbocycles. The van der Waals surface area contributed by atoms with E-state index < -0.39 is 23.3 Å². The van der Waals surface area contributed by atoms with Crippen molar-refractivity contribution in [3.05, 3.63) is 103 Å². The number of hydrogen-bond acceptors (Lipinski definition) is 10. The number of carbonyl (C=O) groups is 1. The molecule has 1 amide bonds. The highest BCUT2D eigenvalue weighted by Crippen LogP contribution is 2.62. The van der Waals surface area contributed by atoms with Gasteiger partial charge in [-0.05, 0) is 112 Å². The van der Waals surface area contributed by atoms with Gasteiger partial charge >= 0.3 is 0 Å². The third-order valence-electron chi connectivity index (χ3n) is 14.2. The predicted molar refractivity (Wildman–Crippen MR) is 279 cm³/mol. The van der Waals surface area contributed by atoms with Gasteiger partial charge in [0.15, 0.2) is 0 Å². The minimum absolute atomic E-state index is 0.00388. The average Bonchev–Trinajstić information content (AvgIpc) is 3.36. The number of rotatable bonds is 31. The molecular formula is C59H84N2O9. The van der Waals surface area contributed by atoms with Gasteiger partial charge in [-0.3, -0.25) is 4.79 Å². The minimum atomic E-state index is -1.38. The maximum atomic E-state index is 15.0. The molecule has 6 rings (SSSR count). The standard InChI is InChI=1S/C59H84N2O9/c1-6-8-9-10-11-12-13-14-18-27-55(65)61(34-39-66-40-37-64)54-43-52(60-70-58(3,4)5)50-41-46(25-19-21-35-62)49(26-20-22-36-63)56-51-42-48(32-33-53(51)69-59(54,57(50)56)67-38-7-2)68-47-30-28-45(29-31-47)44-23-16-15-17-24-44/h7,15-17,23-24,28-33,41-42,46,49,54,56-57,62-64H,2,6,8-14,18-22,25-27,34-40,43H2,1,3-5H3. The Hall–Kier alpha value is -4.52. The van der Waals surface area contributed by atoms with Gasteiger partial charge in [-0.2, -0.15) is 0 Å². The minimum Gasteiger partial charge on any atom is -0.459 e. The Labute approximate surface area is 419 Å². The van der Waals surface area contributed by atoms with Gasteiger partial charge in [0.1, 0.15) is 28.9 Å².